The van der Waals surface area contributed by atoms with Crippen LogP contribution in [0.3, 0.4) is 0 Å². The SMILES string of the molecule is CN=C(NCC(OC)c1cccc(Cl)c1)N1CCN(CC(=O)NC2CC2)CC1. The molecule has 1 saturated heterocycles. The van der Waals surface area contributed by atoms with Crippen LogP contribution >= 0.6 is 11.6 Å². The number of hydrogen-bond donors (Lipinski definition) is 2. The van der Waals surface area contributed by atoms with E-state index in [1.165, 1.54) is 0 Å². The zero-order chi connectivity index (χ0) is 19.9. The van der Waals surface area contributed by atoms with Crippen LogP contribution in [0.25, 0.3) is 0 Å². The predicted molar refractivity (Wildman–Crippen MR) is 112 cm³/mol. The second kappa shape index (κ2) is 10.1. The fraction of sp³-hybridized carbons (Fsp3) is 0.600. The number of carbonyl (C=O) groups excluding carboxylic acids is 1. The van der Waals surface area contributed by atoms with Gasteiger partial charge in [-0.15, -0.1) is 0 Å². The van der Waals surface area contributed by atoms with Gasteiger partial charge in [-0.25, -0.2) is 0 Å². The van der Waals surface area contributed by atoms with Crippen molar-refractivity contribution in [1.82, 2.24) is 20.4 Å². The summed E-state index contributed by atoms with van der Waals surface area (Å²) in [6.07, 6.45) is 2.14. The first-order chi connectivity index (χ1) is 13.6. The van der Waals surface area contributed by atoms with Crippen LogP contribution in [0.5, 0.6) is 0 Å². The van der Waals surface area contributed by atoms with Crippen molar-refractivity contribution in [3.8, 4) is 0 Å². The molecule has 7 nitrogen and oxygen atoms in total. The first-order valence-corrected chi connectivity index (χ1v) is 10.2. The normalized spacial score (nSPS) is 19.4. The van der Waals surface area contributed by atoms with Crippen molar-refractivity contribution in [2.24, 2.45) is 4.99 Å². The number of nitrogens with one attached hydrogen (secondary N) is 2. The largest absolute Gasteiger partial charge is 0.375 e. The summed E-state index contributed by atoms with van der Waals surface area (Å²) in [4.78, 5) is 20.8. The van der Waals surface area contributed by atoms with Crippen molar-refractivity contribution in [2.45, 2.75) is 25.0 Å². The molecular formula is C20H30ClN5O2. The monoisotopic (exact) mass is 407 g/mol. The summed E-state index contributed by atoms with van der Waals surface area (Å²) in [5.41, 5.74) is 1.03. The van der Waals surface area contributed by atoms with Gasteiger partial charge >= 0.3 is 0 Å². The van der Waals surface area contributed by atoms with Crippen LogP contribution < -0.4 is 10.6 Å². The van der Waals surface area contributed by atoms with Gasteiger partial charge in [0.05, 0.1) is 12.6 Å². The Labute approximate surface area is 172 Å². The molecule has 1 heterocycles. The van der Waals surface area contributed by atoms with Crippen molar-refractivity contribution >= 4 is 23.5 Å². The molecule has 8 heteroatoms. The Morgan fingerprint density at radius 2 is 2.07 bits per heavy atom. The Balaban J connectivity index is 1.45. The summed E-state index contributed by atoms with van der Waals surface area (Å²) in [5.74, 6) is 0.995. The summed E-state index contributed by atoms with van der Waals surface area (Å²) in [6.45, 7) is 4.46. The molecule has 1 saturated carbocycles. The maximum Gasteiger partial charge on any atom is 0.234 e. The highest BCUT2D eigenvalue weighted by Gasteiger charge is 2.26. The number of rotatable bonds is 7. The van der Waals surface area contributed by atoms with Gasteiger partial charge < -0.3 is 20.3 Å². The van der Waals surface area contributed by atoms with Crippen LogP contribution in [0, 0.1) is 0 Å². The molecule has 1 aromatic rings. The Bertz CT molecular complexity index is 687. The first kappa shape index (κ1) is 20.9. The lowest BCUT2D eigenvalue weighted by Gasteiger charge is -2.36. The second-order valence-electron chi connectivity index (χ2n) is 7.31. The van der Waals surface area contributed by atoms with Gasteiger partial charge in [-0.1, -0.05) is 23.7 Å². The van der Waals surface area contributed by atoms with Gasteiger partial charge in [0, 0.05) is 57.9 Å². The van der Waals surface area contributed by atoms with Gasteiger partial charge in [0.25, 0.3) is 0 Å². The van der Waals surface area contributed by atoms with Gasteiger partial charge in [-0.2, -0.15) is 0 Å². The van der Waals surface area contributed by atoms with Crippen LogP contribution in [0.4, 0.5) is 0 Å². The molecule has 2 aliphatic rings. The highest BCUT2D eigenvalue weighted by atomic mass is 35.5. The number of methoxy groups -OCH3 is 1. The summed E-state index contributed by atoms with van der Waals surface area (Å²) >= 11 is 6.10. The van der Waals surface area contributed by atoms with Crippen molar-refractivity contribution in [1.29, 1.82) is 0 Å². The minimum absolute atomic E-state index is 0.108. The second-order valence-corrected chi connectivity index (χ2v) is 7.75. The van der Waals surface area contributed by atoms with Gasteiger partial charge in [0.1, 0.15) is 0 Å². The molecule has 0 radical (unpaired) electrons. The number of aliphatic imine (C=N–C) groups is 1. The fourth-order valence-corrected chi connectivity index (χ4v) is 3.58. The minimum atomic E-state index is -0.108. The van der Waals surface area contributed by atoms with Crippen LogP contribution in [-0.4, -0.2) is 81.1 Å². The highest BCUT2D eigenvalue weighted by molar-refractivity contribution is 6.30. The summed E-state index contributed by atoms with van der Waals surface area (Å²) in [6, 6.07) is 8.14. The fourth-order valence-electron chi connectivity index (χ4n) is 3.38. The molecule has 154 valence electrons. The van der Waals surface area contributed by atoms with E-state index in [1.54, 1.807) is 14.2 Å². The standard InChI is InChI=1S/C20H30ClN5O2/c1-22-20(23-13-18(28-2)15-4-3-5-16(21)12-15)26-10-8-25(9-11-26)14-19(27)24-17-6-7-17/h3-5,12,17-18H,6-11,13-14H2,1-2H3,(H,22,23)(H,24,27). The molecule has 2 fully saturated rings. The lowest BCUT2D eigenvalue weighted by atomic mass is 10.1. The van der Waals surface area contributed by atoms with Crippen molar-refractivity contribution < 1.29 is 9.53 Å². The van der Waals surface area contributed by atoms with Gasteiger partial charge in [-0.05, 0) is 30.5 Å². The molecule has 2 N–H and O–H groups in total. The van der Waals surface area contributed by atoms with Gasteiger partial charge in [-0.3, -0.25) is 14.7 Å². The molecule has 28 heavy (non-hydrogen) atoms. The zero-order valence-electron chi connectivity index (χ0n) is 16.7. The number of nitrogens with zero attached hydrogens (tertiary/aromatic N) is 3. The Morgan fingerprint density at radius 3 is 2.68 bits per heavy atom. The minimum Gasteiger partial charge on any atom is -0.375 e. The molecule has 1 amide bonds. The predicted octanol–water partition coefficient (Wildman–Crippen LogP) is 1.50. The highest BCUT2D eigenvalue weighted by Crippen LogP contribution is 2.20. The van der Waals surface area contributed by atoms with Crippen LogP contribution in [-0.2, 0) is 9.53 Å². The van der Waals surface area contributed by atoms with Crippen molar-refractivity contribution in [3.05, 3.63) is 34.9 Å². The summed E-state index contributed by atoms with van der Waals surface area (Å²) in [7, 11) is 3.49. The molecule has 3 rings (SSSR count). The Kier molecular flexibility index (Phi) is 7.53. The maximum atomic E-state index is 12.0. The zero-order valence-corrected chi connectivity index (χ0v) is 17.4. The van der Waals surface area contributed by atoms with Gasteiger partial charge in [0.15, 0.2) is 5.96 Å². The molecule has 1 aliphatic heterocycles. The van der Waals surface area contributed by atoms with Crippen LogP contribution in [0.15, 0.2) is 29.3 Å². The van der Waals surface area contributed by atoms with E-state index in [-0.39, 0.29) is 12.0 Å². The van der Waals surface area contributed by atoms with E-state index in [2.05, 4.69) is 25.4 Å². The van der Waals surface area contributed by atoms with Crippen molar-refractivity contribution in [3.63, 3.8) is 0 Å². The third-order valence-corrected chi connectivity index (χ3v) is 5.38. The van der Waals surface area contributed by atoms with Crippen LogP contribution in [0.2, 0.25) is 5.02 Å². The number of hydrogen-bond acceptors (Lipinski definition) is 4. The topological polar surface area (TPSA) is 69.2 Å². The molecule has 1 aliphatic carbocycles. The molecule has 0 bridgehead atoms. The lowest BCUT2D eigenvalue weighted by molar-refractivity contribution is -0.122. The van der Waals surface area contributed by atoms with Crippen LogP contribution in [0.1, 0.15) is 24.5 Å². The molecule has 0 spiro atoms. The molecule has 0 aromatic heterocycles. The van der Waals surface area contributed by atoms with E-state index in [9.17, 15) is 4.79 Å². The van der Waals surface area contributed by atoms with E-state index >= 15 is 0 Å². The summed E-state index contributed by atoms with van der Waals surface area (Å²) < 4.78 is 5.62. The molecule has 1 atom stereocenters. The first-order valence-electron chi connectivity index (χ1n) is 9.84. The van der Waals surface area contributed by atoms with E-state index < -0.39 is 0 Å². The maximum absolute atomic E-state index is 12.0. The number of carbonyl (C=O) groups is 1. The lowest BCUT2D eigenvalue weighted by Crippen LogP contribution is -2.54. The van der Waals surface area contributed by atoms with Gasteiger partial charge in [0.2, 0.25) is 5.91 Å². The third-order valence-electron chi connectivity index (χ3n) is 5.14. The molecule has 1 aromatic carbocycles. The summed E-state index contributed by atoms with van der Waals surface area (Å²) in [5, 5.41) is 7.16. The smallest absolute Gasteiger partial charge is 0.234 e. The average Bonchev–Trinajstić information content (AvgIpc) is 3.50. The number of ether oxygens (including phenoxy) is 1. The van der Waals surface area contributed by atoms with E-state index in [4.69, 9.17) is 16.3 Å². The number of halogens is 1. The Morgan fingerprint density at radius 1 is 1.32 bits per heavy atom. The van der Waals surface area contributed by atoms with E-state index in [0.717, 1.165) is 50.5 Å². The average molecular weight is 408 g/mol. The number of amides is 1. The van der Waals surface area contributed by atoms with E-state index in [0.29, 0.717) is 24.2 Å². The third kappa shape index (κ3) is 6.09. The molecule has 1 unspecified atom stereocenters. The molecular weight excluding hydrogens is 378 g/mol. The quantitative estimate of drug-likeness (QED) is 0.529. The number of guanidine groups is 1. The van der Waals surface area contributed by atoms with Crippen molar-refractivity contribution in [2.75, 3.05) is 53.4 Å². The number of benzene rings is 1. The van der Waals surface area contributed by atoms with E-state index in [1.807, 2.05) is 24.3 Å². The Hall–Kier alpha value is -1.83. The number of piperazine rings is 1.